The zero-order valence-corrected chi connectivity index (χ0v) is 11.6. The van der Waals surface area contributed by atoms with Crippen LogP contribution in [0.2, 0.25) is 5.02 Å². The summed E-state index contributed by atoms with van der Waals surface area (Å²) >= 11 is 6.11. The number of fused-ring (bicyclic) bond motifs is 1. The zero-order valence-electron chi connectivity index (χ0n) is 10.8. The average Bonchev–Trinajstić information content (AvgIpc) is 2.81. The highest BCUT2D eigenvalue weighted by Crippen LogP contribution is 2.32. The predicted octanol–water partition coefficient (Wildman–Crippen LogP) is 2.79. The van der Waals surface area contributed by atoms with Gasteiger partial charge in [0.05, 0.1) is 6.61 Å². The number of rotatable bonds is 7. The highest BCUT2D eigenvalue weighted by Gasteiger charge is 2.16. The lowest BCUT2D eigenvalue weighted by atomic mass is 10.1. The molecule has 0 aliphatic carbocycles. The highest BCUT2D eigenvalue weighted by molar-refractivity contribution is 6.30. The van der Waals surface area contributed by atoms with Crippen molar-refractivity contribution >= 4 is 11.6 Å². The Morgan fingerprint density at radius 3 is 3.11 bits per heavy atom. The first-order valence-electron chi connectivity index (χ1n) is 6.45. The summed E-state index contributed by atoms with van der Waals surface area (Å²) in [4.78, 5) is 0. The summed E-state index contributed by atoms with van der Waals surface area (Å²) in [6, 6.07) is 4.00. The van der Waals surface area contributed by atoms with E-state index in [4.69, 9.17) is 21.1 Å². The van der Waals surface area contributed by atoms with Crippen molar-refractivity contribution in [3.8, 4) is 5.75 Å². The van der Waals surface area contributed by atoms with Gasteiger partial charge in [-0.15, -0.1) is 0 Å². The summed E-state index contributed by atoms with van der Waals surface area (Å²) in [7, 11) is 1.74. The fourth-order valence-electron chi connectivity index (χ4n) is 2.20. The molecule has 18 heavy (non-hydrogen) atoms. The van der Waals surface area contributed by atoms with Crippen LogP contribution in [0.15, 0.2) is 12.1 Å². The molecule has 0 saturated carbocycles. The second-order valence-corrected chi connectivity index (χ2v) is 4.96. The maximum atomic E-state index is 6.11. The predicted molar refractivity (Wildman–Crippen MR) is 73.5 cm³/mol. The summed E-state index contributed by atoms with van der Waals surface area (Å²) in [6.45, 7) is 3.41. The molecule has 1 aliphatic rings. The van der Waals surface area contributed by atoms with E-state index >= 15 is 0 Å². The Balaban J connectivity index is 1.82. The molecular weight excluding hydrogens is 250 g/mol. The molecule has 0 unspecified atom stereocenters. The van der Waals surface area contributed by atoms with Gasteiger partial charge in [-0.1, -0.05) is 11.6 Å². The van der Waals surface area contributed by atoms with E-state index in [2.05, 4.69) is 5.32 Å². The van der Waals surface area contributed by atoms with Gasteiger partial charge in [-0.05, 0) is 37.1 Å². The van der Waals surface area contributed by atoms with Gasteiger partial charge < -0.3 is 14.8 Å². The minimum absolute atomic E-state index is 0.774. The van der Waals surface area contributed by atoms with Gasteiger partial charge in [0.2, 0.25) is 0 Å². The maximum Gasteiger partial charge on any atom is 0.127 e. The minimum Gasteiger partial charge on any atom is -0.493 e. The molecule has 0 bridgehead atoms. The number of hydrogen-bond acceptors (Lipinski definition) is 3. The first kappa shape index (κ1) is 13.7. The Morgan fingerprint density at radius 1 is 1.39 bits per heavy atom. The standard InChI is InChI=1S/C14H20ClNO2/c1-17-6-3-2-5-16-10-12-9-13(15)8-11-4-7-18-14(11)12/h8-9,16H,2-7,10H2,1H3. The van der Waals surface area contributed by atoms with Gasteiger partial charge >= 0.3 is 0 Å². The molecule has 1 heterocycles. The second-order valence-electron chi connectivity index (χ2n) is 4.53. The molecule has 1 aliphatic heterocycles. The van der Waals surface area contributed by atoms with Gasteiger partial charge in [0, 0.05) is 37.3 Å². The van der Waals surface area contributed by atoms with Crippen molar-refractivity contribution < 1.29 is 9.47 Å². The number of ether oxygens (including phenoxy) is 2. The van der Waals surface area contributed by atoms with Crippen LogP contribution >= 0.6 is 11.6 Å². The zero-order chi connectivity index (χ0) is 12.8. The van der Waals surface area contributed by atoms with E-state index in [-0.39, 0.29) is 0 Å². The van der Waals surface area contributed by atoms with E-state index in [0.717, 1.165) is 56.3 Å². The van der Waals surface area contributed by atoms with E-state index in [0.29, 0.717) is 0 Å². The normalized spacial score (nSPS) is 13.4. The molecule has 0 amide bonds. The molecule has 0 fully saturated rings. The number of benzene rings is 1. The van der Waals surface area contributed by atoms with Crippen LogP contribution in [-0.4, -0.2) is 26.9 Å². The van der Waals surface area contributed by atoms with Crippen LogP contribution in [0.4, 0.5) is 0 Å². The fourth-order valence-corrected chi connectivity index (χ4v) is 2.46. The number of unbranched alkanes of at least 4 members (excludes halogenated alkanes) is 1. The van der Waals surface area contributed by atoms with Crippen molar-refractivity contribution in [1.29, 1.82) is 0 Å². The third kappa shape index (κ3) is 3.61. The van der Waals surface area contributed by atoms with E-state index in [1.165, 1.54) is 11.1 Å². The number of halogens is 1. The van der Waals surface area contributed by atoms with Crippen LogP contribution in [0.25, 0.3) is 0 Å². The van der Waals surface area contributed by atoms with E-state index < -0.39 is 0 Å². The van der Waals surface area contributed by atoms with Crippen molar-refractivity contribution in [3.63, 3.8) is 0 Å². The summed E-state index contributed by atoms with van der Waals surface area (Å²) < 4.78 is 10.7. The van der Waals surface area contributed by atoms with Gasteiger partial charge in [0.1, 0.15) is 5.75 Å². The smallest absolute Gasteiger partial charge is 0.127 e. The van der Waals surface area contributed by atoms with Crippen molar-refractivity contribution in [2.75, 3.05) is 26.9 Å². The minimum atomic E-state index is 0.774. The third-order valence-electron chi connectivity index (χ3n) is 3.09. The van der Waals surface area contributed by atoms with Crippen LogP contribution in [0.5, 0.6) is 5.75 Å². The maximum absolute atomic E-state index is 6.11. The lowest BCUT2D eigenvalue weighted by molar-refractivity contribution is 0.192. The molecule has 0 saturated heterocycles. The van der Waals surface area contributed by atoms with E-state index in [1.54, 1.807) is 7.11 Å². The van der Waals surface area contributed by atoms with E-state index in [1.807, 2.05) is 12.1 Å². The molecule has 100 valence electrons. The quantitative estimate of drug-likeness (QED) is 0.772. The molecule has 0 spiro atoms. The topological polar surface area (TPSA) is 30.5 Å². The first-order chi connectivity index (χ1) is 8.81. The van der Waals surface area contributed by atoms with Crippen LogP contribution in [0, 0.1) is 0 Å². The van der Waals surface area contributed by atoms with Crippen LogP contribution in [0.3, 0.4) is 0 Å². The fraction of sp³-hybridized carbons (Fsp3) is 0.571. The van der Waals surface area contributed by atoms with Crippen molar-refractivity contribution in [1.82, 2.24) is 5.32 Å². The molecule has 2 rings (SSSR count). The van der Waals surface area contributed by atoms with Crippen molar-refractivity contribution in [3.05, 3.63) is 28.3 Å². The Labute approximate surface area is 113 Å². The lowest BCUT2D eigenvalue weighted by Gasteiger charge is -2.10. The monoisotopic (exact) mass is 269 g/mol. The van der Waals surface area contributed by atoms with Crippen LogP contribution in [-0.2, 0) is 17.7 Å². The molecule has 0 radical (unpaired) electrons. The Kier molecular flexibility index (Phi) is 5.29. The highest BCUT2D eigenvalue weighted by atomic mass is 35.5. The molecule has 0 atom stereocenters. The Hall–Kier alpha value is -0.770. The van der Waals surface area contributed by atoms with Gasteiger partial charge in [-0.2, -0.15) is 0 Å². The van der Waals surface area contributed by atoms with Crippen LogP contribution < -0.4 is 10.1 Å². The lowest BCUT2D eigenvalue weighted by Crippen LogP contribution is -2.15. The van der Waals surface area contributed by atoms with E-state index in [9.17, 15) is 0 Å². The van der Waals surface area contributed by atoms with Gasteiger partial charge in [0.25, 0.3) is 0 Å². The summed E-state index contributed by atoms with van der Waals surface area (Å²) in [6.07, 6.45) is 3.18. The second kappa shape index (κ2) is 6.98. The van der Waals surface area contributed by atoms with Gasteiger partial charge in [-0.25, -0.2) is 0 Å². The summed E-state index contributed by atoms with van der Waals surface area (Å²) in [5.74, 6) is 1.03. The number of nitrogens with one attached hydrogen (secondary N) is 1. The van der Waals surface area contributed by atoms with Crippen molar-refractivity contribution in [2.24, 2.45) is 0 Å². The molecule has 4 heteroatoms. The molecule has 0 aromatic heterocycles. The Morgan fingerprint density at radius 2 is 2.28 bits per heavy atom. The van der Waals surface area contributed by atoms with Crippen molar-refractivity contribution in [2.45, 2.75) is 25.8 Å². The molecule has 1 N–H and O–H groups in total. The largest absolute Gasteiger partial charge is 0.493 e. The number of hydrogen-bond donors (Lipinski definition) is 1. The SMILES string of the molecule is COCCCCNCc1cc(Cl)cc2c1OCC2. The Bertz CT molecular complexity index is 396. The molecular formula is C14H20ClNO2. The number of methoxy groups -OCH3 is 1. The summed E-state index contributed by atoms with van der Waals surface area (Å²) in [5.41, 5.74) is 2.40. The molecule has 3 nitrogen and oxygen atoms in total. The van der Waals surface area contributed by atoms with Gasteiger partial charge in [-0.3, -0.25) is 0 Å². The first-order valence-corrected chi connectivity index (χ1v) is 6.83. The van der Waals surface area contributed by atoms with Gasteiger partial charge in [0.15, 0.2) is 0 Å². The third-order valence-corrected chi connectivity index (χ3v) is 3.31. The molecule has 1 aromatic rings. The van der Waals surface area contributed by atoms with Crippen LogP contribution in [0.1, 0.15) is 24.0 Å². The molecule has 1 aromatic carbocycles. The summed E-state index contributed by atoms with van der Waals surface area (Å²) in [5, 5.41) is 4.22. The average molecular weight is 270 g/mol.